The van der Waals surface area contributed by atoms with Crippen LogP contribution in [0.25, 0.3) is 0 Å². The fourth-order valence-electron chi connectivity index (χ4n) is 3.54. The van der Waals surface area contributed by atoms with Gasteiger partial charge in [0.2, 0.25) is 0 Å². The van der Waals surface area contributed by atoms with Gasteiger partial charge in [0.25, 0.3) is 5.91 Å². The number of nitrogens with zero attached hydrogens (tertiary/aromatic N) is 6. The van der Waals surface area contributed by atoms with E-state index < -0.39 is 0 Å². The van der Waals surface area contributed by atoms with Gasteiger partial charge in [-0.2, -0.15) is 0 Å². The quantitative estimate of drug-likeness (QED) is 0.712. The molecule has 1 atom stereocenters. The summed E-state index contributed by atoms with van der Waals surface area (Å²) < 4.78 is 2.17. The summed E-state index contributed by atoms with van der Waals surface area (Å²) in [5.41, 5.74) is 2.39. The van der Waals surface area contributed by atoms with Gasteiger partial charge in [0.1, 0.15) is 11.5 Å². The molecule has 4 heterocycles. The highest BCUT2D eigenvalue weighted by atomic mass is 16.2. The van der Waals surface area contributed by atoms with E-state index in [-0.39, 0.29) is 11.8 Å². The minimum atomic E-state index is -0.0561. The maximum Gasteiger partial charge on any atom is 0.274 e. The zero-order valence-corrected chi connectivity index (χ0v) is 15.3. The van der Waals surface area contributed by atoms with E-state index in [1.165, 1.54) is 5.56 Å². The first-order valence-corrected chi connectivity index (χ1v) is 9.18. The van der Waals surface area contributed by atoms with E-state index in [1.807, 2.05) is 36.4 Å². The SMILES string of the molecule is Cc1cnc(C(=O)N2CCC[C@H](c3nccn3Cc3ccncc3)C2)cn1. The number of pyridine rings is 1. The summed E-state index contributed by atoms with van der Waals surface area (Å²) in [5.74, 6) is 1.19. The fourth-order valence-corrected chi connectivity index (χ4v) is 3.54. The van der Waals surface area contributed by atoms with Crippen LogP contribution >= 0.6 is 0 Å². The lowest BCUT2D eigenvalue weighted by atomic mass is 9.96. The monoisotopic (exact) mass is 362 g/mol. The zero-order valence-electron chi connectivity index (χ0n) is 15.3. The minimum Gasteiger partial charge on any atom is -0.337 e. The molecule has 1 fully saturated rings. The van der Waals surface area contributed by atoms with E-state index >= 15 is 0 Å². The lowest BCUT2D eigenvalue weighted by Gasteiger charge is -2.32. The van der Waals surface area contributed by atoms with Gasteiger partial charge in [-0.15, -0.1) is 0 Å². The van der Waals surface area contributed by atoms with E-state index in [0.717, 1.165) is 37.4 Å². The topological polar surface area (TPSA) is 76.8 Å². The van der Waals surface area contributed by atoms with Crippen molar-refractivity contribution in [2.24, 2.45) is 0 Å². The summed E-state index contributed by atoms with van der Waals surface area (Å²) in [6.45, 7) is 4.02. The fraction of sp³-hybridized carbons (Fsp3) is 0.350. The molecule has 0 radical (unpaired) electrons. The normalized spacial score (nSPS) is 17.1. The highest BCUT2D eigenvalue weighted by molar-refractivity contribution is 5.92. The molecular weight excluding hydrogens is 340 g/mol. The number of hydrogen-bond acceptors (Lipinski definition) is 5. The first-order valence-electron chi connectivity index (χ1n) is 9.18. The van der Waals surface area contributed by atoms with Crippen molar-refractivity contribution in [1.29, 1.82) is 0 Å². The van der Waals surface area contributed by atoms with Gasteiger partial charge in [0.15, 0.2) is 0 Å². The number of likely N-dealkylation sites (tertiary alicyclic amines) is 1. The number of carbonyl (C=O) groups excluding carboxylic acids is 1. The molecule has 4 rings (SSSR count). The van der Waals surface area contributed by atoms with Crippen molar-refractivity contribution in [2.75, 3.05) is 13.1 Å². The molecule has 138 valence electrons. The lowest BCUT2D eigenvalue weighted by molar-refractivity contribution is 0.0697. The van der Waals surface area contributed by atoms with Gasteiger partial charge >= 0.3 is 0 Å². The number of aromatic nitrogens is 5. The number of aryl methyl sites for hydroxylation is 1. The van der Waals surface area contributed by atoms with E-state index in [1.54, 1.807) is 24.8 Å². The molecule has 7 nitrogen and oxygen atoms in total. The average Bonchev–Trinajstić information content (AvgIpc) is 3.17. The van der Waals surface area contributed by atoms with Crippen LogP contribution in [0.15, 0.2) is 49.3 Å². The average molecular weight is 362 g/mol. The predicted molar refractivity (Wildman–Crippen MR) is 100 cm³/mol. The third-order valence-electron chi connectivity index (χ3n) is 4.92. The second-order valence-electron chi connectivity index (χ2n) is 6.90. The van der Waals surface area contributed by atoms with Crippen molar-refractivity contribution in [3.05, 3.63) is 72.1 Å². The third kappa shape index (κ3) is 3.86. The van der Waals surface area contributed by atoms with Crippen LogP contribution in [-0.2, 0) is 6.54 Å². The first-order chi connectivity index (χ1) is 13.2. The van der Waals surface area contributed by atoms with Crippen LogP contribution < -0.4 is 0 Å². The van der Waals surface area contributed by atoms with Gasteiger partial charge < -0.3 is 9.47 Å². The van der Waals surface area contributed by atoms with Gasteiger partial charge in [0.05, 0.1) is 11.9 Å². The van der Waals surface area contributed by atoms with Crippen molar-refractivity contribution in [2.45, 2.75) is 32.2 Å². The molecule has 0 aliphatic carbocycles. The van der Waals surface area contributed by atoms with Gasteiger partial charge in [0, 0.05) is 56.5 Å². The standard InChI is InChI=1S/C20H22N6O/c1-15-11-24-18(12-23-15)20(27)26-9-2-3-17(14-26)19-22-8-10-25(19)13-16-4-6-21-7-5-16/h4-8,10-12,17H,2-3,9,13-14H2,1H3/t17-/m0/s1. The smallest absolute Gasteiger partial charge is 0.274 e. The maximum atomic E-state index is 12.8. The summed E-state index contributed by atoms with van der Waals surface area (Å²) in [4.78, 5) is 31.8. The highest BCUT2D eigenvalue weighted by Crippen LogP contribution is 2.27. The van der Waals surface area contributed by atoms with Crippen molar-refractivity contribution in [3.63, 3.8) is 0 Å². The van der Waals surface area contributed by atoms with Crippen molar-refractivity contribution < 1.29 is 4.79 Å². The Hall–Kier alpha value is -3.09. The van der Waals surface area contributed by atoms with Crippen LogP contribution in [0.3, 0.4) is 0 Å². The van der Waals surface area contributed by atoms with Crippen LogP contribution in [0.1, 0.15) is 46.3 Å². The number of rotatable bonds is 4. The van der Waals surface area contributed by atoms with Crippen molar-refractivity contribution in [1.82, 2.24) is 29.4 Å². The zero-order chi connectivity index (χ0) is 18.6. The second-order valence-corrected chi connectivity index (χ2v) is 6.90. The molecule has 0 saturated carbocycles. The van der Waals surface area contributed by atoms with E-state index in [4.69, 9.17) is 0 Å². The molecule has 0 spiro atoms. The largest absolute Gasteiger partial charge is 0.337 e. The molecule has 0 N–H and O–H groups in total. The van der Waals surface area contributed by atoms with Gasteiger partial charge in [-0.1, -0.05) is 0 Å². The molecule has 7 heteroatoms. The predicted octanol–water partition coefficient (Wildman–Crippen LogP) is 2.44. The van der Waals surface area contributed by atoms with Crippen LogP contribution in [-0.4, -0.2) is 48.4 Å². The molecule has 3 aromatic heterocycles. The van der Waals surface area contributed by atoms with Crippen LogP contribution in [0.4, 0.5) is 0 Å². The number of amides is 1. The minimum absolute atomic E-state index is 0.0561. The van der Waals surface area contributed by atoms with Gasteiger partial charge in [-0.3, -0.25) is 14.8 Å². The lowest BCUT2D eigenvalue weighted by Crippen LogP contribution is -2.40. The summed E-state index contributed by atoms with van der Waals surface area (Å²) >= 11 is 0. The summed E-state index contributed by atoms with van der Waals surface area (Å²) in [6.07, 6.45) is 12.6. The molecule has 0 unspecified atom stereocenters. The Kier molecular flexibility index (Phi) is 4.91. The molecule has 1 aliphatic rings. The summed E-state index contributed by atoms with van der Waals surface area (Å²) in [5, 5.41) is 0. The molecule has 1 saturated heterocycles. The Morgan fingerprint density at radius 1 is 1.15 bits per heavy atom. The second kappa shape index (κ2) is 7.65. The Bertz CT molecular complexity index is 906. The molecule has 0 bridgehead atoms. The molecule has 3 aromatic rings. The highest BCUT2D eigenvalue weighted by Gasteiger charge is 2.28. The molecule has 1 amide bonds. The number of imidazole rings is 1. The number of carbonyl (C=O) groups is 1. The van der Waals surface area contributed by atoms with E-state index in [9.17, 15) is 4.79 Å². The third-order valence-corrected chi connectivity index (χ3v) is 4.92. The van der Waals surface area contributed by atoms with Crippen molar-refractivity contribution in [3.8, 4) is 0 Å². The summed E-state index contributed by atoms with van der Waals surface area (Å²) in [7, 11) is 0. The Morgan fingerprint density at radius 2 is 2.00 bits per heavy atom. The van der Waals surface area contributed by atoms with E-state index in [2.05, 4.69) is 24.5 Å². The Labute approximate surface area is 158 Å². The Morgan fingerprint density at radius 3 is 2.78 bits per heavy atom. The van der Waals surface area contributed by atoms with Gasteiger partial charge in [-0.05, 0) is 37.5 Å². The summed E-state index contributed by atoms with van der Waals surface area (Å²) in [6, 6.07) is 4.02. The first kappa shape index (κ1) is 17.3. The molecule has 1 aliphatic heterocycles. The molecule has 0 aromatic carbocycles. The van der Waals surface area contributed by atoms with Crippen LogP contribution in [0.5, 0.6) is 0 Å². The van der Waals surface area contributed by atoms with Crippen molar-refractivity contribution >= 4 is 5.91 Å². The molecule has 27 heavy (non-hydrogen) atoms. The van der Waals surface area contributed by atoms with E-state index in [0.29, 0.717) is 12.2 Å². The number of hydrogen-bond donors (Lipinski definition) is 0. The van der Waals surface area contributed by atoms with Crippen LogP contribution in [0, 0.1) is 6.92 Å². The van der Waals surface area contributed by atoms with Crippen LogP contribution in [0.2, 0.25) is 0 Å². The van der Waals surface area contributed by atoms with Gasteiger partial charge in [-0.25, -0.2) is 9.97 Å². The maximum absolute atomic E-state index is 12.8. The molecular formula is C20H22N6O. The number of piperidine rings is 1. The Balaban J connectivity index is 1.50.